The van der Waals surface area contributed by atoms with E-state index in [-0.39, 0.29) is 5.92 Å². The highest BCUT2D eigenvalue weighted by Crippen LogP contribution is 2.25. The number of nitrogens with zero attached hydrogens (tertiary/aromatic N) is 3. The largest absolute Gasteiger partial charge is 0.465 e. The first-order valence-electron chi connectivity index (χ1n) is 4.02. The normalized spacial score (nSPS) is 22.2. The average molecular weight is 183 g/mol. The maximum absolute atomic E-state index is 10.6. The lowest BCUT2D eigenvalue weighted by Gasteiger charge is -2.09. The van der Waals surface area contributed by atoms with E-state index in [4.69, 9.17) is 9.63 Å². The van der Waals surface area contributed by atoms with Gasteiger partial charge in [-0.1, -0.05) is 0 Å². The zero-order valence-corrected chi connectivity index (χ0v) is 6.88. The Morgan fingerprint density at radius 1 is 1.77 bits per heavy atom. The third-order valence-electron chi connectivity index (χ3n) is 2.24. The molecule has 6 heteroatoms. The first kappa shape index (κ1) is 8.03. The van der Waals surface area contributed by atoms with Gasteiger partial charge in [0.2, 0.25) is 0 Å². The molecule has 6 nitrogen and oxygen atoms in total. The van der Waals surface area contributed by atoms with E-state index in [0.29, 0.717) is 18.8 Å². The molecule has 13 heavy (non-hydrogen) atoms. The number of carbonyl (C=O) groups is 1. The van der Waals surface area contributed by atoms with Crippen LogP contribution in [0.1, 0.15) is 18.1 Å². The van der Waals surface area contributed by atoms with Crippen molar-refractivity contribution in [2.45, 2.75) is 12.3 Å². The van der Waals surface area contributed by atoms with Crippen LogP contribution in [-0.4, -0.2) is 39.6 Å². The first-order valence-corrected chi connectivity index (χ1v) is 4.02. The lowest BCUT2D eigenvalue weighted by molar-refractivity contribution is 0.155. The number of aromatic nitrogens is 2. The smallest absolute Gasteiger partial charge is 0.407 e. The molecule has 0 saturated carbocycles. The molecule has 0 aromatic carbocycles. The maximum atomic E-state index is 10.6. The van der Waals surface area contributed by atoms with E-state index >= 15 is 0 Å². The van der Waals surface area contributed by atoms with Crippen LogP contribution in [0.15, 0.2) is 10.7 Å². The predicted octanol–water partition coefficient (Wildman–Crippen LogP) is 0.537. The van der Waals surface area contributed by atoms with E-state index in [1.165, 1.54) is 11.1 Å². The molecule has 2 rings (SSSR count). The van der Waals surface area contributed by atoms with Crippen LogP contribution in [0.25, 0.3) is 0 Å². The second-order valence-electron chi connectivity index (χ2n) is 3.03. The average Bonchev–Trinajstić information content (AvgIpc) is 2.75. The van der Waals surface area contributed by atoms with E-state index in [9.17, 15) is 4.79 Å². The zero-order chi connectivity index (χ0) is 9.26. The SMILES string of the molecule is O=C(O)N1CCC(c2cnno2)C1. The van der Waals surface area contributed by atoms with Gasteiger partial charge in [0.25, 0.3) is 0 Å². The molecule has 1 amide bonds. The Labute approximate surface area is 74.1 Å². The molecule has 1 atom stereocenters. The minimum absolute atomic E-state index is 0.117. The summed E-state index contributed by atoms with van der Waals surface area (Å²) >= 11 is 0. The number of hydrogen-bond acceptors (Lipinski definition) is 4. The number of amides is 1. The lowest BCUT2D eigenvalue weighted by atomic mass is 10.1. The van der Waals surface area contributed by atoms with E-state index in [2.05, 4.69) is 10.4 Å². The van der Waals surface area contributed by atoms with Crippen LogP contribution in [0.2, 0.25) is 0 Å². The zero-order valence-electron chi connectivity index (χ0n) is 6.88. The van der Waals surface area contributed by atoms with Crippen molar-refractivity contribution in [1.29, 1.82) is 0 Å². The van der Waals surface area contributed by atoms with Crippen LogP contribution in [0.4, 0.5) is 4.79 Å². The first-order chi connectivity index (χ1) is 6.27. The van der Waals surface area contributed by atoms with E-state index in [1.807, 2.05) is 0 Å². The van der Waals surface area contributed by atoms with Gasteiger partial charge in [0.15, 0.2) is 5.76 Å². The Morgan fingerprint density at radius 3 is 3.15 bits per heavy atom. The van der Waals surface area contributed by atoms with Gasteiger partial charge in [-0.2, -0.15) is 0 Å². The second kappa shape index (κ2) is 3.04. The Balaban J connectivity index is 2.03. The van der Waals surface area contributed by atoms with Gasteiger partial charge in [0, 0.05) is 24.3 Å². The molecule has 1 aliphatic rings. The molecule has 1 N–H and O–H groups in total. The fourth-order valence-corrected chi connectivity index (χ4v) is 1.52. The van der Waals surface area contributed by atoms with Crippen molar-refractivity contribution in [1.82, 2.24) is 15.3 Å². The second-order valence-corrected chi connectivity index (χ2v) is 3.03. The Bertz CT molecular complexity index is 298. The molecule has 0 radical (unpaired) electrons. The van der Waals surface area contributed by atoms with Gasteiger partial charge in [-0.05, 0) is 6.42 Å². The highest BCUT2D eigenvalue weighted by atomic mass is 16.5. The highest BCUT2D eigenvalue weighted by Gasteiger charge is 2.29. The van der Waals surface area contributed by atoms with Crippen molar-refractivity contribution >= 4 is 6.09 Å². The van der Waals surface area contributed by atoms with Crippen molar-refractivity contribution in [3.63, 3.8) is 0 Å². The van der Waals surface area contributed by atoms with Crippen molar-refractivity contribution in [3.05, 3.63) is 12.0 Å². The summed E-state index contributed by atoms with van der Waals surface area (Å²) in [5, 5.41) is 15.6. The molecule has 1 unspecified atom stereocenters. The fraction of sp³-hybridized carbons (Fsp3) is 0.571. The minimum atomic E-state index is -0.880. The molecule has 0 bridgehead atoms. The van der Waals surface area contributed by atoms with Crippen LogP contribution in [0, 0.1) is 0 Å². The van der Waals surface area contributed by atoms with Gasteiger partial charge in [0.05, 0.1) is 6.20 Å². The van der Waals surface area contributed by atoms with Crippen molar-refractivity contribution in [2.75, 3.05) is 13.1 Å². The third-order valence-corrected chi connectivity index (χ3v) is 2.24. The fourth-order valence-electron chi connectivity index (χ4n) is 1.52. The molecule has 1 aromatic heterocycles. The monoisotopic (exact) mass is 183 g/mol. The predicted molar refractivity (Wildman–Crippen MR) is 41.3 cm³/mol. The molecule has 0 spiro atoms. The van der Waals surface area contributed by atoms with Crippen LogP contribution in [-0.2, 0) is 0 Å². The van der Waals surface area contributed by atoms with Gasteiger partial charge in [-0.25, -0.2) is 4.79 Å². The van der Waals surface area contributed by atoms with Crippen LogP contribution in [0.3, 0.4) is 0 Å². The summed E-state index contributed by atoms with van der Waals surface area (Å²) in [6.45, 7) is 1.03. The van der Waals surface area contributed by atoms with Crippen LogP contribution >= 0.6 is 0 Å². The van der Waals surface area contributed by atoms with Crippen molar-refractivity contribution in [2.24, 2.45) is 0 Å². The topological polar surface area (TPSA) is 79.5 Å². The summed E-state index contributed by atoms with van der Waals surface area (Å²) in [6.07, 6.45) is 1.44. The summed E-state index contributed by atoms with van der Waals surface area (Å²) in [5.74, 6) is 0.787. The van der Waals surface area contributed by atoms with Gasteiger partial charge in [0.1, 0.15) is 0 Å². The molecule has 1 aliphatic heterocycles. The van der Waals surface area contributed by atoms with Gasteiger partial charge < -0.3 is 14.5 Å². The molecule has 1 aromatic rings. The summed E-state index contributed by atoms with van der Waals surface area (Å²) in [5.41, 5.74) is 0. The molecule has 70 valence electrons. The maximum Gasteiger partial charge on any atom is 0.407 e. The van der Waals surface area contributed by atoms with Gasteiger partial charge in [-0.15, -0.1) is 5.10 Å². The summed E-state index contributed by atoms with van der Waals surface area (Å²) in [7, 11) is 0. The molecule has 1 fully saturated rings. The molecular formula is C7H9N3O3. The van der Waals surface area contributed by atoms with E-state index in [0.717, 1.165) is 6.42 Å². The van der Waals surface area contributed by atoms with Gasteiger partial charge in [-0.3, -0.25) is 0 Å². The van der Waals surface area contributed by atoms with Crippen LogP contribution in [0.5, 0.6) is 0 Å². The van der Waals surface area contributed by atoms with Crippen molar-refractivity contribution in [3.8, 4) is 0 Å². The summed E-state index contributed by atoms with van der Waals surface area (Å²) in [6, 6.07) is 0. The van der Waals surface area contributed by atoms with Crippen LogP contribution < -0.4 is 0 Å². The standard InChI is InChI=1S/C7H9N3O3/c11-7(12)10-2-1-5(4-10)6-3-8-9-13-6/h3,5H,1-2,4H2,(H,11,12). The Kier molecular flexibility index (Phi) is 1.88. The number of rotatable bonds is 1. The number of hydrogen-bond donors (Lipinski definition) is 1. The van der Waals surface area contributed by atoms with Gasteiger partial charge >= 0.3 is 6.09 Å². The Hall–Kier alpha value is -1.59. The molecule has 2 heterocycles. The summed E-state index contributed by atoms with van der Waals surface area (Å²) in [4.78, 5) is 11.9. The molecular weight excluding hydrogens is 174 g/mol. The molecule has 0 aliphatic carbocycles. The molecule has 1 saturated heterocycles. The lowest BCUT2D eigenvalue weighted by Crippen LogP contribution is -2.26. The minimum Gasteiger partial charge on any atom is -0.465 e. The van der Waals surface area contributed by atoms with E-state index in [1.54, 1.807) is 0 Å². The van der Waals surface area contributed by atoms with E-state index < -0.39 is 6.09 Å². The third kappa shape index (κ3) is 1.47. The highest BCUT2D eigenvalue weighted by molar-refractivity contribution is 5.65. The Morgan fingerprint density at radius 2 is 2.62 bits per heavy atom. The van der Waals surface area contributed by atoms with Crippen molar-refractivity contribution < 1.29 is 14.4 Å². The summed E-state index contributed by atoms with van der Waals surface area (Å²) < 4.78 is 4.86. The number of carboxylic acid groups (broad SMARTS) is 1. The quantitative estimate of drug-likeness (QED) is 0.687. The number of likely N-dealkylation sites (tertiary alicyclic amines) is 1.